The van der Waals surface area contributed by atoms with Crippen LogP contribution in [0.2, 0.25) is 0 Å². The van der Waals surface area contributed by atoms with Gasteiger partial charge in [-0.1, -0.05) is 19.4 Å². The van der Waals surface area contributed by atoms with Crippen LogP contribution < -0.4 is 10.5 Å². The van der Waals surface area contributed by atoms with E-state index in [0.717, 1.165) is 12.2 Å². The number of fused-ring (bicyclic) bond motifs is 1. The van der Waals surface area contributed by atoms with E-state index in [9.17, 15) is 0 Å². The highest BCUT2D eigenvalue weighted by Crippen LogP contribution is 2.35. The zero-order valence-corrected chi connectivity index (χ0v) is 12.5. The van der Waals surface area contributed by atoms with Crippen molar-refractivity contribution in [3.05, 3.63) is 29.3 Å². The minimum atomic E-state index is 0.0920. The van der Waals surface area contributed by atoms with Gasteiger partial charge in [-0.05, 0) is 50.1 Å². The Morgan fingerprint density at radius 3 is 2.84 bits per heavy atom. The third kappa shape index (κ3) is 2.77. The van der Waals surface area contributed by atoms with Crippen LogP contribution >= 0.6 is 0 Å². The molecule has 19 heavy (non-hydrogen) atoms. The van der Waals surface area contributed by atoms with Gasteiger partial charge in [0.15, 0.2) is 0 Å². The molecule has 0 saturated carbocycles. The van der Waals surface area contributed by atoms with Crippen molar-refractivity contribution < 1.29 is 4.74 Å². The van der Waals surface area contributed by atoms with Crippen molar-refractivity contribution in [2.45, 2.75) is 51.2 Å². The molecule has 106 valence electrons. The summed E-state index contributed by atoms with van der Waals surface area (Å²) < 4.78 is 5.30. The molecule has 0 aliphatic heterocycles. The summed E-state index contributed by atoms with van der Waals surface area (Å²) in [5.74, 6) is 0.902. The molecule has 1 aliphatic rings. The van der Waals surface area contributed by atoms with E-state index in [1.165, 1.54) is 24.0 Å². The first-order chi connectivity index (χ1) is 9.08. The van der Waals surface area contributed by atoms with E-state index in [0.29, 0.717) is 12.1 Å². The van der Waals surface area contributed by atoms with Crippen LogP contribution in [0.4, 0.5) is 0 Å². The summed E-state index contributed by atoms with van der Waals surface area (Å²) in [7, 11) is 3.91. The lowest BCUT2D eigenvalue weighted by Gasteiger charge is -2.33. The van der Waals surface area contributed by atoms with Gasteiger partial charge in [-0.2, -0.15) is 0 Å². The first-order valence-corrected chi connectivity index (χ1v) is 7.22. The van der Waals surface area contributed by atoms with Crippen LogP contribution in [0.1, 0.15) is 43.9 Å². The lowest BCUT2D eigenvalue weighted by molar-refractivity contribution is 0.161. The third-order valence-electron chi connectivity index (χ3n) is 4.48. The predicted molar refractivity (Wildman–Crippen MR) is 79.5 cm³/mol. The monoisotopic (exact) mass is 262 g/mol. The maximum Gasteiger partial charge on any atom is 0.119 e. The van der Waals surface area contributed by atoms with Gasteiger partial charge in [0.05, 0.1) is 7.11 Å². The molecule has 3 nitrogen and oxygen atoms in total. The molecule has 0 aromatic heterocycles. The second-order valence-electron chi connectivity index (χ2n) is 5.67. The van der Waals surface area contributed by atoms with Gasteiger partial charge in [0, 0.05) is 18.1 Å². The number of likely N-dealkylation sites (N-methyl/N-ethyl adjacent to an activating group) is 1. The van der Waals surface area contributed by atoms with E-state index < -0.39 is 0 Å². The summed E-state index contributed by atoms with van der Waals surface area (Å²) in [5.41, 5.74) is 9.07. The zero-order valence-electron chi connectivity index (χ0n) is 12.5. The van der Waals surface area contributed by atoms with Crippen molar-refractivity contribution in [3.63, 3.8) is 0 Å². The standard InChI is InChI=1S/C16H26N2O/c1-5-6-11(2)18(3)15-9-12-7-8-13(19-4)10-14(12)16(15)17/h7-8,10-11,15-16H,5-6,9,17H2,1-4H3. The Morgan fingerprint density at radius 1 is 1.47 bits per heavy atom. The number of benzene rings is 1. The summed E-state index contributed by atoms with van der Waals surface area (Å²) in [5, 5.41) is 0. The molecule has 0 bridgehead atoms. The van der Waals surface area contributed by atoms with Crippen LogP contribution in [0.25, 0.3) is 0 Å². The Hall–Kier alpha value is -1.06. The van der Waals surface area contributed by atoms with Gasteiger partial charge in [0.25, 0.3) is 0 Å². The minimum Gasteiger partial charge on any atom is -0.497 e. The molecular weight excluding hydrogens is 236 g/mol. The summed E-state index contributed by atoms with van der Waals surface area (Å²) in [6, 6.07) is 7.36. The van der Waals surface area contributed by atoms with E-state index in [1.54, 1.807) is 7.11 Å². The molecule has 3 atom stereocenters. The van der Waals surface area contributed by atoms with Crippen molar-refractivity contribution in [1.82, 2.24) is 4.90 Å². The molecule has 2 N–H and O–H groups in total. The van der Waals surface area contributed by atoms with Gasteiger partial charge in [-0.25, -0.2) is 0 Å². The molecule has 1 aliphatic carbocycles. The minimum absolute atomic E-state index is 0.0920. The highest BCUT2D eigenvalue weighted by molar-refractivity contribution is 5.42. The van der Waals surface area contributed by atoms with Crippen LogP contribution in [0.5, 0.6) is 5.75 Å². The first-order valence-electron chi connectivity index (χ1n) is 7.22. The molecule has 3 unspecified atom stereocenters. The lowest BCUT2D eigenvalue weighted by Crippen LogP contribution is -2.43. The summed E-state index contributed by atoms with van der Waals surface area (Å²) in [4.78, 5) is 2.45. The van der Waals surface area contributed by atoms with Gasteiger partial charge < -0.3 is 10.5 Å². The third-order valence-corrected chi connectivity index (χ3v) is 4.48. The molecule has 1 aromatic carbocycles. The number of ether oxygens (including phenoxy) is 1. The molecular formula is C16H26N2O. The number of rotatable bonds is 5. The summed E-state index contributed by atoms with van der Waals surface area (Å²) in [6.07, 6.45) is 3.48. The number of hydrogen-bond acceptors (Lipinski definition) is 3. The number of nitrogens with two attached hydrogens (primary N) is 1. The number of hydrogen-bond donors (Lipinski definition) is 1. The average molecular weight is 262 g/mol. The Balaban J connectivity index is 2.16. The maximum absolute atomic E-state index is 6.45. The van der Waals surface area contributed by atoms with Crippen LogP contribution in [0.15, 0.2) is 18.2 Å². The fourth-order valence-corrected chi connectivity index (χ4v) is 3.10. The van der Waals surface area contributed by atoms with Gasteiger partial charge >= 0.3 is 0 Å². The fraction of sp³-hybridized carbons (Fsp3) is 0.625. The lowest BCUT2D eigenvalue weighted by atomic mass is 10.0. The van der Waals surface area contributed by atoms with Crippen molar-refractivity contribution in [2.75, 3.05) is 14.2 Å². The van der Waals surface area contributed by atoms with E-state index >= 15 is 0 Å². The Kier molecular flexibility index (Phi) is 4.48. The normalized spacial score (nSPS) is 23.5. The van der Waals surface area contributed by atoms with Crippen LogP contribution in [-0.2, 0) is 6.42 Å². The number of nitrogens with zero attached hydrogens (tertiary/aromatic N) is 1. The second kappa shape index (κ2) is 5.93. The Labute approximate surface area is 116 Å². The number of methoxy groups -OCH3 is 1. The average Bonchev–Trinajstić information content (AvgIpc) is 2.75. The SMILES string of the molecule is CCCC(C)N(C)C1Cc2ccc(OC)cc2C1N. The smallest absolute Gasteiger partial charge is 0.119 e. The molecule has 0 spiro atoms. The van der Waals surface area contributed by atoms with Gasteiger partial charge in [-0.15, -0.1) is 0 Å². The molecule has 0 heterocycles. The zero-order chi connectivity index (χ0) is 14.0. The van der Waals surface area contributed by atoms with Crippen molar-refractivity contribution >= 4 is 0 Å². The Morgan fingerprint density at radius 2 is 2.21 bits per heavy atom. The second-order valence-corrected chi connectivity index (χ2v) is 5.67. The topological polar surface area (TPSA) is 38.5 Å². The van der Waals surface area contributed by atoms with Crippen LogP contribution in [-0.4, -0.2) is 31.1 Å². The molecule has 1 aromatic rings. The van der Waals surface area contributed by atoms with E-state index in [4.69, 9.17) is 10.5 Å². The first kappa shape index (κ1) is 14.4. The molecule has 0 amide bonds. The molecule has 0 saturated heterocycles. The fourth-order valence-electron chi connectivity index (χ4n) is 3.10. The predicted octanol–water partition coefficient (Wildman–Crippen LogP) is 2.74. The van der Waals surface area contributed by atoms with E-state index in [2.05, 4.69) is 37.9 Å². The highest BCUT2D eigenvalue weighted by atomic mass is 16.5. The summed E-state index contributed by atoms with van der Waals surface area (Å²) in [6.45, 7) is 4.53. The van der Waals surface area contributed by atoms with Crippen LogP contribution in [0.3, 0.4) is 0 Å². The molecule has 0 radical (unpaired) electrons. The van der Waals surface area contributed by atoms with Gasteiger partial charge in [0.1, 0.15) is 5.75 Å². The quantitative estimate of drug-likeness (QED) is 0.886. The van der Waals surface area contributed by atoms with Crippen molar-refractivity contribution in [3.8, 4) is 5.75 Å². The van der Waals surface area contributed by atoms with Crippen molar-refractivity contribution in [1.29, 1.82) is 0 Å². The van der Waals surface area contributed by atoms with Gasteiger partial charge in [-0.3, -0.25) is 4.90 Å². The Bertz CT molecular complexity index is 433. The largest absolute Gasteiger partial charge is 0.497 e. The summed E-state index contributed by atoms with van der Waals surface area (Å²) >= 11 is 0. The maximum atomic E-state index is 6.45. The van der Waals surface area contributed by atoms with E-state index in [-0.39, 0.29) is 6.04 Å². The molecule has 0 fully saturated rings. The van der Waals surface area contributed by atoms with Gasteiger partial charge in [0.2, 0.25) is 0 Å². The highest BCUT2D eigenvalue weighted by Gasteiger charge is 2.34. The van der Waals surface area contributed by atoms with Crippen molar-refractivity contribution in [2.24, 2.45) is 5.73 Å². The van der Waals surface area contributed by atoms with Crippen LogP contribution in [0, 0.1) is 0 Å². The molecule has 3 heteroatoms. The molecule has 2 rings (SSSR count). The van der Waals surface area contributed by atoms with E-state index in [1.807, 2.05) is 6.07 Å².